The standard InChI is InChI=1S/C20H20N2O3/c1-13(16-8-7-15-5-3-4-6-17(15)11-16)22-19(23)12-21-20(24)18-9-10-25-14(18)2/h3-11,13H,12H2,1-2H3,(H,21,24)(H,22,23). The lowest BCUT2D eigenvalue weighted by Crippen LogP contribution is -2.38. The number of rotatable bonds is 5. The van der Waals surface area contributed by atoms with Crippen molar-refractivity contribution < 1.29 is 14.0 Å². The van der Waals surface area contributed by atoms with Crippen LogP contribution in [0.15, 0.2) is 59.2 Å². The first-order valence-electron chi connectivity index (χ1n) is 8.15. The van der Waals surface area contributed by atoms with Crippen molar-refractivity contribution in [1.82, 2.24) is 10.6 Å². The lowest BCUT2D eigenvalue weighted by Gasteiger charge is -2.15. The van der Waals surface area contributed by atoms with Gasteiger partial charge in [-0.25, -0.2) is 0 Å². The number of carbonyl (C=O) groups excluding carboxylic acids is 2. The Balaban J connectivity index is 1.58. The van der Waals surface area contributed by atoms with Crippen LogP contribution in [0.4, 0.5) is 0 Å². The molecule has 1 atom stereocenters. The number of amides is 2. The van der Waals surface area contributed by atoms with E-state index in [1.54, 1.807) is 13.0 Å². The second-order valence-corrected chi connectivity index (χ2v) is 5.97. The number of nitrogens with one attached hydrogen (secondary N) is 2. The second-order valence-electron chi connectivity index (χ2n) is 5.97. The average molecular weight is 336 g/mol. The molecule has 0 aliphatic carbocycles. The summed E-state index contributed by atoms with van der Waals surface area (Å²) in [6.07, 6.45) is 1.45. The second kappa shape index (κ2) is 7.21. The molecule has 5 heteroatoms. The molecule has 1 unspecified atom stereocenters. The van der Waals surface area contributed by atoms with Crippen LogP contribution < -0.4 is 10.6 Å². The molecule has 1 heterocycles. The van der Waals surface area contributed by atoms with E-state index in [9.17, 15) is 9.59 Å². The molecule has 0 saturated carbocycles. The summed E-state index contributed by atoms with van der Waals surface area (Å²) in [7, 11) is 0. The van der Waals surface area contributed by atoms with Crippen molar-refractivity contribution in [3.8, 4) is 0 Å². The van der Waals surface area contributed by atoms with Gasteiger partial charge in [-0.3, -0.25) is 9.59 Å². The van der Waals surface area contributed by atoms with E-state index >= 15 is 0 Å². The van der Waals surface area contributed by atoms with Gasteiger partial charge in [0.15, 0.2) is 0 Å². The molecule has 128 valence electrons. The highest BCUT2D eigenvalue weighted by atomic mass is 16.3. The molecule has 3 aromatic rings. The molecule has 25 heavy (non-hydrogen) atoms. The zero-order valence-electron chi connectivity index (χ0n) is 14.2. The van der Waals surface area contributed by atoms with Gasteiger partial charge in [0.25, 0.3) is 5.91 Å². The SMILES string of the molecule is Cc1occc1C(=O)NCC(=O)NC(C)c1ccc2ccccc2c1. The third-order valence-electron chi connectivity index (χ3n) is 4.16. The molecule has 2 amide bonds. The van der Waals surface area contributed by atoms with Crippen LogP contribution >= 0.6 is 0 Å². The van der Waals surface area contributed by atoms with Crippen LogP contribution in [0.3, 0.4) is 0 Å². The van der Waals surface area contributed by atoms with E-state index in [4.69, 9.17) is 4.42 Å². The predicted octanol–water partition coefficient (Wildman–Crippen LogP) is 3.35. The number of carbonyl (C=O) groups is 2. The van der Waals surface area contributed by atoms with E-state index in [0.717, 1.165) is 16.3 Å². The van der Waals surface area contributed by atoms with Crippen molar-refractivity contribution in [3.05, 3.63) is 71.7 Å². The van der Waals surface area contributed by atoms with Crippen LogP contribution in [0.25, 0.3) is 10.8 Å². The van der Waals surface area contributed by atoms with Gasteiger partial charge in [0, 0.05) is 0 Å². The number of hydrogen-bond acceptors (Lipinski definition) is 3. The Kier molecular flexibility index (Phi) is 4.84. The fraction of sp³-hybridized carbons (Fsp3) is 0.200. The Bertz CT molecular complexity index is 914. The van der Waals surface area contributed by atoms with Gasteiger partial charge in [0.2, 0.25) is 5.91 Å². The number of furan rings is 1. The number of hydrogen-bond donors (Lipinski definition) is 2. The zero-order chi connectivity index (χ0) is 17.8. The summed E-state index contributed by atoms with van der Waals surface area (Å²) in [5, 5.41) is 7.79. The molecule has 0 saturated heterocycles. The number of benzene rings is 2. The minimum Gasteiger partial charge on any atom is -0.469 e. The van der Waals surface area contributed by atoms with Crippen molar-refractivity contribution in [2.45, 2.75) is 19.9 Å². The van der Waals surface area contributed by atoms with Gasteiger partial charge in [-0.15, -0.1) is 0 Å². The first kappa shape index (κ1) is 16.8. The predicted molar refractivity (Wildman–Crippen MR) is 96.3 cm³/mol. The fourth-order valence-corrected chi connectivity index (χ4v) is 2.73. The summed E-state index contributed by atoms with van der Waals surface area (Å²) in [5.41, 5.74) is 1.46. The number of aryl methyl sites for hydroxylation is 1. The highest BCUT2D eigenvalue weighted by Gasteiger charge is 2.14. The molecule has 1 aromatic heterocycles. The lowest BCUT2D eigenvalue weighted by molar-refractivity contribution is -0.120. The topological polar surface area (TPSA) is 71.3 Å². The fourth-order valence-electron chi connectivity index (χ4n) is 2.73. The maximum atomic E-state index is 12.1. The van der Waals surface area contributed by atoms with E-state index in [-0.39, 0.29) is 24.4 Å². The summed E-state index contributed by atoms with van der Waals surface area (Å²) >= 11 is 0. The molecule has 2 N–H and O–H groups in total. The van der Waals surface area contributed by atoms with Crippen molar-refractivity contribution in [3.63, 3.8) is 0 Å². The van der Waals surface area contributed by atoms with Crippen LogP contribution in [0.1, 0.15) is 34.6 Å². The van der Waals surface area contributed by atoms with Crippen molar-refractivity contribution in [2.24, 2.45) is 0 Å². The average Bonchev–Trinajstić information content (AvgIpc) is 3.05. The summed E-state index contributed by atoms with van der Waals surface area (Å²) < 4.78 is 5.09. The summed E-state index contributed by atoms with van der Waals surface area (Å²) in [6.45, 7) is 3.54. The summed E-state index contributed by atoms with van der Waals surface area (Å²) in [4.78, 5) is 24.1. The van der Waals surface area contributed by atoms with E-state index in [1.807, 2.05) is 37.3 Å². The Labute approximate surface area is 146 Å². The van der Waals surface area contributed by atoms with E-state index < -0.39 is 0 Å². The lowest BCUT2D eigenvalue weighted by atomic mass is 10.0. The van der Waals surface area contributed by atoms with Gasteiger partial charge < -0.3 is 15.1 Å². The monoisotopic (exact) mass is 336 g/mol. The van der Waals surface area contributed by atoms with Crippen molar-refractivity contribution in [2.75, 3.05) is 6.54 Å². The largest absolute Gasteiger partial charge is 0.469 e. The van der Waals surface area contributed by atoms with Crippen LogP contribution in [0.5, 0.6) is 0 Å². The first-order valence-corrected chi connectivity index (χ1v) is 8.15. The molecule has 3 rings (SSSR count). The van der Waals surface area contributed by atoms with E-state index in [2.05, 4.69) is 22.8 Å². The Morgan fingerprint density at radius 1 is 1.08 bits per heavy atom. The van der Waals surface area contributed by atoms with Crippen LogP contribution in [-0.2, 0) is 4.79 Å². The smallest absolute Gasteiger partial charge is 0.255 e. The van der Waals surface area contributed by atoms with Gasteiger partial charge in [-0.2, -0.15) is 0 Å². The molecule has 0 bridgehead atoms. The van der Waals surface area contributed by atoms with Crippen LogP contribution in [-0.4, -0.2) is 18.4 Å². The maximum absolute atomic E-state index is 12.1. The first-order chi connectivity index (χ1) is 12.0. The van der Waals surface area contributed by atoms with Gasteiger partial charge in [-0.05, 0) is 42.3 Å². The maximum Gasteiger partial charge on any atom is 0.255 e. The molecule has 0 aliphatic rings. The third-order valence-corrected chi connectivity index (χ3v) is 4.16. The Morgan fingerprint density at radius 3 is 2.56 bits per heavy atom. The normalized spacial score (nSPS) is 11.9. The molecular weight excluding hydrogens is 316 g/mol. The highest BCUT2D eigenvalue weighted by Crippen LogP contribution is 2.20. The molecular formula is C20H20N2O3. The van der Waals surface area contributed by atoms with Crippen LogP contribution in [0.2, 0.25) is 0 Å². The van der Waals surface area contributed by atoms with Crippen LogP contribution in [0, 0.1) is 6.92 Å². The summed E-state index contributed by atoms with van der Waals surface area (Å²) in [5.74, 6) is -0.0302. The molecule has 0 fully saturated rings. The van der Waals surface area contributed by atoms with Crippen molar-refractivity contribution >= 4 is 22.6 Å². The molecule has 0 radical (unpaired) electrons. The van der Waals surface area contributed by atoms with E-state index in [0.29, 0.717) is 11.3 Å². The molecule has 0 spiro atoms. The quantitative estimate of drug-likeness (QED) is 0.750. The molecule has 5 nitrogen and oxygen atoms in total. The van der Waals surface area contributed by atoms with Crippen molar-refractivity contribution in [1.29, 1.82) is 0 Å². The van der Waals surface area contributed by atoms with Gasteiger partial charge in [0.1, 0.15) is 5.76 Å². The Morgan fingerprint density at radius 2 is 1.84 bits per heavy atom. The van der Waals surface area contributed by atoms with Gasteiger partial charge in [-0.1, -0.05) is 36.4 Å². The van der Waals surface area contributed by atoms with Gasteiger partial charge in [0.05, 0.1) is 24.4 Å². The summed E-state index contributed by atoms with van der Waals surface area (Å²) in [6, 6.07) is 15.6. The molecule has 2 aromatic carbocycles. The minimum atomic E-state index is -0.320. The minimum absolute atomic E-state index is 0.0820. The molecule has 0 aliphatic heterocycles. The zero-order valence-corrected chi connectivity index (χ0v) is 14.2. The third kappa shape index (κ3) is 3.88. The highest BCUT2D eigenvalue weighted by molar-refractivity contribution is 5.97. The van der Waals surface area contributed by atoms with E-state index in [1.165, 1.54) is 6.26 Å². The number of fused-ring (bicyclic) bond motifs is 1. The Hall–Kier alpha value is -3.08. The van der Waals surface area contributed by atoms with Gasteiger partial charge >= 0.3 is 0 Å².